The SMILES string of the molecule is COC(=O)c1ccccc1NC(=O)CCn1cnc2ccccc2c1=O. The van der Waals surface area contributed by atoms with E-state index in [9.17, 15) is 14.4 Å². The van der Waals surface area contributed by atoms with Gasteiger partial charge in [0.05, 0.1) is 35.6 Å². The second kappa shape index (κ2) is 7.60. The van der Waals surface area contributed by atoms with E-state index in [2.05, 4.69) is 10.3 Å². The van der Waals surface area contributed by atoms with Crippen molar-refractivity contribution >= 4 is 28.5 Å². The molecule has 1 N–H and O–H groups in total. The number of aromatic nitrogens is 2. The monoisotopic (exact) mass is 351 g/mol. The van der Waals surface area contributed by atoms with E-state index in [4.69, 9.17) is 4.74 Å². The minimum Gasteiger partial charge on any atom is -0.465 e. The summed E-state index contributed by atoms with van der Waals surface area (Å²) < 4.78 is 6.10. The van der Waals surface area contributed by atoms with Crippen LogP contribution in [0, 0.1) is 0 Å². The Morgan fingerprint density at radius 3 is 2.65 bits per heavy atom. The average molecular weight is 351 g/mol. The van der Waals surface area contributed by atoms with Crippen molar-refractivity contribution in [2.45, 2.75) is 13.0 Å². The predicted molar refractivity (Wildman–Crippen MR) is 97.0 cm³/mol. The van der Waals surface area contributed by atoms with E-state index < -0.39 is 5.97 Å². The van der Waals surface area contributed by atoms with Crippen LogP contribution in [-0.4, -0.2) is 28.5 Å². The normalized spacial score (nSPS) is 10.5. The third-order valence-electron chi connectivity index (χ3n) is 3.92. The van der Waals surface area contributed by atoms with Crippen LogP contribution < -0.4 is 10.9 Å². The van der Waals surface area contributed by atoms with Crippen LogP contribution in [0.3, 0.4) is 0 Å². The molecule has 0 aliphatic carbocycles. The molecule has 0 spiro atoms. The van der Waals surface area contributed by atoms with Gasteiger partial charge in [0.15, 0.2) is 0 Å². The molecule has 0 aliphatic heterocycles. The van der Waals surface area contributed by atoms with Crippen molar-refractivity contribution in [2.75, 3.05) is 12.4 Å². The number of benzene rings is 2. The molecular formula is C19H17N3O4. The Labute approximate surface area is 149 Å². The van der Waals surface area contributed by atoms with Gasteiger partial charge in [-0.2, -0.15) is 0 Å². The van der Waals surface area contributed by atoms with E-state index in [0.29, 0.717) is 16.6 Å². The number of rotatable bonds is 5. The molecule has 0 bridgehead atoms. The van der Waals surface area contributed by atoms with Crippen LogP contribution in [0.1, 0.15) is 16.8 Å². The summed E-state index contributed by atoms with van der Waals surface area (Å²) in [7, 11) is 1.28. The molecule has 1 heterocycles. The van der Waals surface area contributed by atoms with E-state index in [1.54, 1.807) is 42.5 Å². The molecule has 3 rings (SSSR count). The zero-order valence-corrected chi connectivity index (χ0v) is 14.1. The lowest BCUT2D eigenvalue weighted by Crippen LogP contribution is -2.24. The summed E-state index contributed by atoms with van der Waals surface area (Å²) in [6, 6.07) is 13.6. The fourth-order valence-electron chi connectivity index (χ4n) is 2.58. The van der Waals surface area contributed by atoms with Crippen LogP contribution in [0.25, 0.3) is 10.9 Å². The molecule has 0 aliphatic rings. The number of para-hydroxylation sites is 2. The van der Waals surface area contributed by atoms with Gasteiger partial charge in [0.2, 0.25) is 5.91 Å². The predicted octanol–water partition coefficient (Wildman–Crippen LogP) is 2.21. The van der Waals surface area contributed by atoms with Gasteiger partial charge in [-0.15, -0.1) is 0 Å². The molecule has 26 heavy (non-hydrogen) atoms. The van der Waals surface area contributed by atoms with Crippen molar-refractivity contribution in [3.8, 4) is 0 Å². The Bertz CT molecular complexity index is 1030. The van der Waals surface area contributed by atoms with Crippen LogP contribution in [-0.2, 0) is 16.1 Å². The molecule has 0 radical (unpaired) electrons. The lowest BCUT2D eigenvalue weighted by molar-refractivity contribution is -0.116. The summed E-state index contributed by atoms with van der Waals surface area (Å²) in [5, 5.41) is 3.18. The first-order valence-corrected chi connectivity index (χ1v) is 8.01. The third-order valence-corrected chi connectivity index (χ3v) is 3.92. The number of amides is 1. The second-order valence-electron chi connectivity index (χ2n) is 5.60. The van der Waals surface area contributed by atoms with Crippen molar-refractivity contribution in [1.29, 1.82) is 0 Å². The summed E-state index contributed by atoms with van der Waals surface area (Å²) >= 11 is 0. The summed E-state index contributed by atoms with van der Waals surface area (Å²) in [6.45, 7) is 0.183. The fourth-order valence-corrected chi connectivity index (χ4v) is 2.58. The molecule has 1 amide bonds. The molecule has 132 valence electrons. The first-order valence-electron chi connectivity index (χ1n) is 8.01. The van der Waals surface area contributed by atoms with E-state index in [-0.39, 0.29) is 30.0 Å². The fraction of sp³-hybridized carbons (Fsp3) is 0.158. The maximum Gasteiger partial charge on any atom is 0.339 e. The Balaban J connectivity index is 1.72. The molecule has 7 heteroatoms. The smallest absolute Gasteiger partial charge is 0.339 e. The quantitative estimate of drug-likeness (QED) is 0.712. The van der Waals surface area contributed by atoms with Gasteiger partial charge < -0.3 is 10.1 Å². The lowest BCUT2D eigenvalue weighted by atomic mass is 10.1. The Morgan fingerprint density at radius 1 is 1.12 bits per heavy atom. The lowest BCUT2D eigenvalue weighted by Gasteiger charge is -2.10. The van der Waals surface area contributed by atoms with Crippen molar-refractivity contribution in [1.82, 2.24) is 9.55 Å². The van der Waals surface area contributed by atoms with E-state index in [1.807, 2.05) is 6.07 Å². The van der Waals surface area contributed by atoms with Crippen LogP contribution in [0.4, 0.5) is 5.69 Å². The van der Waals surface area contributed by atoms with Gasteiger partial charge in [-0.05, 0) is 24.3 Å². The first-order chi connectivity index (χ1) is 12.6. The molecule has 0 saturated heterocycles. The van der Waals surface area contributed by atoms with E-state index >= 15 is 0 Å². The maximum atomic E-state index is 12.4. The summed E-state index contributed by atoms with van der Waals surface area (Å²) in [5.74, 6) is -0.850. The van der Waals surface area contributed by atoms with Crippen LogP contribution in [0.15, 0.2) is 59.7 Å². The number of ether oxygens (including phenoxy) is 1. The number of hydrogen-bond donors (Lipinski definition) is 1. The third kappa shape index (κ3) is 3.61. The van der Waals surface area contributed by atoms with Gasteiger partial charge in [-0.3, -0.25) is 14.2 Å². The number of carbonyl (C=O) groups excluding carboxylic acids is 2. The Morgan fingerprint density at radius 2 is 1.85 bits per heavy atom. The van der Waals surface area contributed by atoms with Crippen molar-refractivity contribution < 1.29 is 14.3 Å². The second-order valence-corrected chi connectivity index (χ2v) is 5.60. The zero-order chi connectivity index (χ0) is 18.5. The number of anilines is 1. The molecule has 2 aromatic carbocycles. The number of carbonyl (C=O) groups is 2. The minimum absolute atomic E-state index is 0.0649. The van der Waals surface area contributed by atoms with Crippen molar-refractivity contribution in [3.05, 3.63) is 70.8 Å². The van der Waals surface area contributed by atoms with Gasteiger partial charge in [-0.1, -0.05) is 24.3 Å². The van der Waals surface area contributed by atoms with Gasteiger partial charge in [-0.25, -0.2) is 9.78 Å². The molecule has 1 aromatic heterocycles. The molecule has 3 aromatic rings. The van der Waals surface area contributed by atoms with Gasteiger partial charge in [0.1, 0.15) is 0 Å². The highest BCUT2D eigenvalue weighted by atomic mass is 16.5. The Hall–Kier alpha value is -3.48. The van der Waals surface area contributed by atoms with Gasteiger partial charge >= 0.3 is 5.97 Å². The van der Waals surface area contributed by atoms with E-state index in [0.717, 1.165) is 0 Å². The van der Waals surface area contributed by atoms with Crippen LogP contribution >= 0.6 is 0 Å². The van der Waals surface area contributed by atoms with E-state index in [1.165, 1.54) is 18.0 Å². The standard InChI is InChI=1S/C19H17N3O4/c1-26-19(25)14-7-3-5-9-16(14)21-17(23)10-11-22-12-20-15-8-4-2-6-13(15)18(22)24/h2-9,12H,10-11H2,1H3,(H,21,23). The minimum atomic E-state index is -0.532. The highest BCUT2D eigenvalue weighted by Gasteiger charge is 2.13. The number of methoxy groups -OCH3 is 1. The average Bonchev–Trinajstić information content (AvgIpc) is 2.67. The maximum absolute atomic E-state index is 12.4. The molecule has 7 nitrogen and oxygen atoms in total. The summed E-state index contributed by atoms with van der Waals surface area (Å²) in [6.07, 6.45) is 1.50. The molecule has 0 fully saturated rings. The number of fused-ring (bicyclic) bond motifs is 1. The van der Waals surface area contributed by atoms with Gasteiger partial charge in [0, 0.05) is 13.0 Å². The topological polar surface area (TPSA) is 90.3 Å². The van der Waals surface area contributed by atoms with Gasteiger partial charge in [0.25, 0.3) is 5.56 Å². The highest BCUT2D eigenvalue weighted by molar-refractivity contribution is 6.01. The number of nitrogens with zero attached hydrogens (tertiary/aromatic N) is 2. The molecule has 0 saturated carbocycles. The molecule has 0 atom stereocenters. The zero-order valence-electron chi connectivity index (χ0n) is 14.1. The van der Waals surface area contributed by atoms with Crippen LogP contribution in [0.5, 0.6) is 0 Å². The molecular weight excluding hydrogens is 334 g/mol. The number of aryl methyl sites for hydroxylation is 1. The largest absolute Gasteiger partial charge is 0.465 e. The van der Waals surface area contributed by atoms with Crippen LogP contribution in [0.2, 0.25) is 0 Å². The number of nitrogens with one attached hydrogen (secondary N) is 1. The number of esters is 1. The first kappa shape index (κ1) is 17.3. The summed E-state index contributed by atoms with van der Waals surface area (Å²) in [4.78, 5) is 40.6. The van der Waals surface area contributed by atoms with Crippen molar-refractivity contribution in [3.63, 3.8) is 0 Å². The number of hydrogen-bond acceptors (Lipinski definition) is 5. The molecule has 0 unspecified atom stereocenters. The highest BCUT2D eigenvalue weighted by Crippen LogP contribution is 2.16. The Kier molecular flexibility index (Phi) is 5.07. The van der Waals surface area contributed by atoms with Crippen molar-refractivity contribution in [2.24, 2.45) is 0 Å². The summed E-state index contributed by atoms with van der Waals surface area (Å²) in [5.41, 5.74) is 1.06.